The number of anilines is 2. The van der Waals surface area contributed by atoms with E-state index in [1.807, 2.05) is 13.8 Å². The Morgan fingerprint density at radius 1 is 0.670 bits per heavy atom. The smallest absolute Gasteiger partial charge is 0.305 e. The van der Waals surface area contributed by atoms with Crippen molar-refractivity contribution in [2.45, 2.75) is 75.4 Å². The van der Waals surface area contributed by atoms with Gasteiger partial charge in [0.15, 0.2) is 33.6 Å². The summed E-state index contributed by atoms with van der Waals surface area (Å²) in [6.45, 7) is 0.340. The maximum absolute atomic E-state index is 12.4. The number of nitrogen functional groups attached to an aromatic ring is 2. The van der Waals surface area contributed by atoms with E-state index in [2.05, 4.69) is 72.1 Å². The van der Waals surface area contributed by atoms with Crippen LogP contribution < -0.4 is 68.2 Å². The van der Waals surface area contributed by atoms with Gasteiger partial charge in [-0.3, -0.25) is 55.7 Å². The van der Waals surface area contributed by atoms with Crippen molar-refractivity contribution in [1.82, 2.24) is 55.0 Å². The fraction of sp³-hybridized carbons (Fsp3) is 0.588. The number of hydrogen-bond acceptors (Lipinski definition) is 38. The first-order chi connectivity index (χ1) is 40.7. The molecule has 2 fully saturated rings. The van der Waals surface area contributed by atoms with E-state index in [1.165, 1.54) is 15.5 Å². The number of phosphoric ester groups is 2. The number of carbonyl (C=O) groups excluding carboxylic acids is 3. The van der Waals surface area contributed by atoms with Crippen LogP contribution in [-0.4, -0.2) is 183 Å². The van der Waals surface area contributed by atoms with E-state index in [9.17, 15) is 86.1 Å². The van der Waals surface area contributed by atoms with Crippen molar-refractivity contribution in [3.63, 3.8) is 0 Å². The van der Waals surface area contributed by atoms with Gasteiger partial charge in [0.2, 0.25) is 17.7 Å². The van der Waals surface area contributed by atoms with E-state index in [1.54, 1.807) is 0 Å². The first-order valence-corrected chi connectivity index (χ1v) is 33.6. The number of carboxylic acids is 1. The topological polar surface area (TPSA) is 736 Å². The number of fused-ring (bicyclic) bond motifs is 2. The highest BCUT2D eigenvalue weighted by atomic mass is 32.1. The number of carboxylic acid groups (broad SMARTS) is 1. The van der Waals surface area contributed by atoms with Crippen LogP contribution in [-0.2, 0) is 91.8 Å². The van der Waals surface area contributed by atoms with E-state index >= 15 is 0 Å². The summed E-state index contributed by atoms with van der Waals surface area (Å²) in [6, 6.07) is -1.32. The number of carbonyl (C=O) groups is 4. The summed E-state index contributed by atoms with van der Waals surface area (Å²) in [5, 5.41) is 37.6. The molecule has 9 unspecified atom stereocenters. The predicted octanol–water partition coefficient (Wildman–Crippen LogP) is -7.54. The predicted molar refractivity (Wildman–Crippen MR) is 280 cm³/mol. The number of ether oxygens (including phenoxy) is 4. The summed E-state index contributed by atoms with van der Waals surface area (Å²) in [5.41, 5.74) is 22.7. The summed E-state index contributed by atoms with van der Waals surface area (Å²) in [4.78, 5) is 153. The van der Waals surface area contributed by atoms with Crippen molar-refractivity contribution < 1.29 is 146 Å². The Labute approximate surface area is 501 Å². The molecule has 88 heavy (non-hydrogen) atoms. The molecule has 0 spiro atoms. The lowest BCUT2D eigenvalue weighted by molar-refractivity contribution is -0.254. The molecule has 54 heteroatoms. The van der Waals surface area contributed by atoms with E-state index in [0.29, 0.717) is 0 Å². The molecule has 6 rings (SSSR count). The number of imidazole rings is 2. The summed E-state index contributed by atoms with van der Waals surface area (Å²) < 4.78 is 115. The second-order valence-electron chi connectivity index (χ2n) is 16.8. The molecule has 2 aliphatic heterocycles. The Morgan fingerprint density at radius 2 is 1.05 bits per heavy atom. The normalized spacial score (nSPS) is 24.5. The molecule has 3 amide bonds. The molecule has 2 saturated heterocycles. The highest BCUT2D eigenvalue weighted by Gasteiger charge is 2.49. The molecule has 0 bridgehead atoms. The fourth-order valence-electron chi connectivity index (χ4n) is 7.17. The van der Waals surface area contributed by atoms with Crippen LogP contribution in [0.1, 0.15) is 32.7 Å². The van der Waals surface area contributed by atoms with Gasteiger partial charge in [-0.2, -0.15) is 0 Å². The third-order valence-electron chi connectivity index (χ3n) is 10.5. The van der Waals surface area contributed by atoms with Gasteiger partial charge >= 0.3 is 5.97 Å². The number of nitrogens with zero attached hydrogens (tertiary/aromatic N) is 6. The van der Waals surface area contributed by atoms with Crippen molar-refractivity contribution in [2.24, 2.45) is 11.5 Å². The van der Waals surface area contributed by atoms with Gasteiger partial charge < -0.3 is 131 Å². The lowest BCUT2D eigenvalue weighted by Gasteiger charge is -2.33. The lowest BCUT2D eigenvalue weighted by Crippen LogP contribution is -2.45. The third-order valence-corrected chi connectivity index (χ3v) is 18.4. The van der Waals surface area contributed by atoms with Crippen LogP contribution in [0.3, 0.4) is 0 Å². The Balaban J connectivity index is 0.000000372. The van der Waals surface area contributed by atoms with Crippen LogP contribution in [0.15, 0.2) is 12.7 Å². The van der Waals surface area contributed by atoms with Crippen LogP contribution in [0.5, 0.6) is 0 Å². The Morgan fingerprint density at radius 3 is 1.41 bits per heavy atom. The zero-order valence-electron chi connectivity index (χ0n) is 44.6. The van der Waals surface area contributed by atoms with E-state index in [-0.39, 0.29) is 69.7 Å². The number of aromatic amines is 2. The van der Waals surface area contributed by atoms with E-state index < -0.39 is 159 Å². The van der Waals surface area contributed by atoms with Crippen LogP contribution in [0.4, 0.5) is 11.9 Å². The van der Waals surface area contributed by atoms with Crippen molar-refractivity contribution in [3.05, 3.63) is 21.9 Å². The van der Waals surface area contributed by atoms with Gasteiger partial charge in [0.05, 0.1) is 38.3 Å². The number of rotatable bonds is 30. The van der Waals surface area contributed by atoms with Crippen molar-refractivity contribution in [1.29, 1.82) is 0 Å². The van der Waals surface area contributed by atoms with Gasteiger partial charge in [-0.1, -0.05) is 38.3 Å². The number of H-pyrrole nitrogens is 2. The molecular formula is C34H53N15O31P6S2-6. The number of aliphatic hydroxyl groups is 2. The number of nitrogens with one attached hydrogen (secondary N) is 5. The molecule has 0 aromatic carbocycles. The zero-order chi connectivity index (χ0) is 66.5. The molecule has 4 aromatic heterocycles. The van der Waals surface area contributed by atoms with Crippen molar-refractivity contribution >= 4 is 129 Å². The summed E-state index contributed by atoms with van der Waals surface area (Å²) in [7, 11) is -36.1. The van der Waals surface area contributed by atoms with Crippen LogP contribution in [0, 0.1) is 9.28 Å². The summed E-state index contributed by atoms with van der Waals surface area (Å²) in [6.07, 6.45) is -10.7. The second kappa shape index (κ2) is 32.2. The molecule has 0 aliphatic carbocycles. The molecule has 18 N–H and O–H groups in total. The Bertz CT molecular complexity index is 3530. The first kappa shape index (κ1) is 76.0. The Hall–Kier alpha value is -4.48. The number of aliphatic carboxylic acids is 1. The molecule has 15 atom stereocenters. The molecule has 4 aromatic rings. The third kappa shape index (κ3) is 23.3. The SMILES string of the molecule is CC.NCCNC(=O)CO[C@H]1C(O)[C@@H](COP(=O)([O-])OP(=O)([O-])OP(=O)([O-])O)O[C@H]1n1cnc2c(=S)nc(N)[nH]c21.Nc1nc(=S)c2ncn([C@@H]3O[C@H](COP(=O)([O-])OP(=O)([O-])OP(=O)([O-])O)C(O)[C@@H]3OCC(=O)NCCNC(=O)C(N)CC(=O)O)c2[nH]1. The average Bonchev–Trinajstić information content (AvgIpc) is 4.20. The molecule has 2 aliphatic rings. The highest BCUT2D eigenvalue weighted by Crippen LogP contribution is 2.62. The summed E-state index contributed by atoms with van der Waals surface area (Å²) in [5.74, 6) is -3.73. The molecular weight excluding hydrogens is 1360 g/mol. The quantitative estimate of drug-likeness (QED) is 0.0131. The standard InChI is InChI=1S/C18H29N8O17P3S.C14H24N7O14P3S.C2H6/c19-7(3-10(28)29)15(31)22-2-1-21-9(27)5-39-13-12(30)8(4-40-45(35,36)43-46(37,38)42-44(32,33)34)41-17(13)26-6-23-11-14(26)24-18(20)25-16(11)47;15-1-2-17-7(22)4-31-10-9(23)6(3-32-37(27,28)35-38(29,30)34-36(24,25)26)33-13(10)21-5-18-8-11(21)19-14(16)20-12(8)39;1-2/h6-8,12-13,17,30H,1-5,19H2,(H,21,27)(H,22,31)(H,28,29)(H,35,36)(H,37,38)(H2,32,33,34)(H3,20,24,25,47);5-6,9-10,13,23H,1-4,15H2,(H,17,22)(H,27,28)(H,29,30)(H2,24,25,26)(H3,16,19,20,39);1-2H3/p-6/t7?,8-,12?,13+,17-;6-,9?,10+,13-;/m11./s1. The molecule has 0 radical (unpaired) electrons. The van der Waals surface area contributed by atoms with E-state index in [4.69, 9.17) is 81.2 Å². The monoisotopic (exact) mass is 1420 g/mol. The number of phosphoric acid groups is 6. The molecule has 0 saturated carbocycles. The van der Waals surface area contributed by atoms with E-state index in [0.717, 1.165) is 6.33 Å². The average molecular weight is 1420 g/mol. The highest BCUT2D eigenvalue weighted by molar-refractivity contribution is 7.71. The fourth-order valence-corrected chi connectivity index (χ4v) is 13.5. The van der Waals surface area contributed by atoms with Gasteiger partial charge in [0.25, 0.3) is 46.9 Å². The molecule has 6 heterocycles. The zero-order valence-corrected chi connectivity index (χ0v) is 51.6. The number of nitrogens with two attached hydrogens (primary N) is 4. The number of hydrogen-bond donors (Lipinski definition) is 14. The van der Waals surface area contributed by atoms with Crippen LogP contribution in [0.25, 0.3) is 22.3 Å². The first-order valence-electron chi connectivity index (χ1n) is 24.0. The maximum Gasteiger partial charge on any atom is 0.305 e. The van der Waals surface area contributed by atoms with Crippen molar-refractivity contribution in [3.8, 4) is 0 Å². The van der Waals surface area contributed by atoms with Gasteiger partial charge in [-0.25, -0.2) is 37.2 Å². The number of amides is 3. The van der Waals surface area contributed by atoms with Gasteiger partial charge in [0.1, 0.15) is 72.2 Å². The summed E-state index contributed by atoms with van der Waals surface area (Å²) >= 11 is 10.2. The second-order valence-corrected chi connectivity index (χ2v) is 26.2. The Kier molecular flexibility index (Phi) is 27.8. The number of aromatic nitrogens is 8. The number of aliphatic hydroxyl groups excluding tert-OH is 2. The van der Waals surface area contributed by atoms with Gasteiger partial charge in [-0.15, -0.1) is 0 Å². The lowest BCUT2D eigenvalue weighted by atomic mass is 10.1. The van der Waals surface area contributed by atoms with Gasteiger partial charge in [-0.05, 0) is 0 Å². The molecule has 46 nitrogen and oxygen atoms in total. The van der Waals surface area contributed by atoms with Gasteiger partial charge in [0, 0.05) is 26.2 Å². The maximum atomic E-state index is 12.4. The largest absolute Gasteiger partial charge is 0.756 e. The minimum Gasteiger partial charge on any atom is -0.756 e. The van der Waals surface area contributed by atoms with Crippen LogP contribution in [0.2, 0.25) is 0 Å². The molecule has 498 valence electrons. The minimum absolute atomic E-state index is 0.0104. The minimum atomic E-state index is -6.21. The van der Waals surface area contributed by atoms with Crippen LogP contribution >= 0.6 is 71.4 Å². The van der Waals surface area contributed by atoms with Crippen molar-refractivity contribution in [2.75, 3.05) is 64.1 Å².